The lowest BCUT2D eigenvalue weighted by atomic mass is 10.0. The molecular weight excluding hydrogens is 559 g/mol. The fraction of sp³-hybridized carbons (Fsp3) is 0.333. The maximum absolute atomic E-state index is 14.8. The molecule has 7 heteroatoms. The van der Waals surface area contributed by atoms with Gasteiger partial charge in [0.1, 0.15) is 23.1 Å². The fourth-order valence-electron chi connectivity index (χ4n) is 5.03. The Hall–Kier alpha value is -3.87. The molecule has 0 spiro atoms. The van der Waals surface area contributed by atoms with E-state index in [4.69, 9.17) is 9.47 Å². The molecule has 4 aromatic rings. The fourth-order valence-corrected chi connectivity index (χ4v) is 5.03. The van der Waals surface area contributed by atoms with Crippen LogP contribution >= 0.6 is 0 Å². The van der Waals surface area contributed by atoms with Gasteiger partial charge in [0.15, 0.2) is 0 Å². The smallest absolute Gasteiger partial charge is 0.392 e. The summed E-state index contributed by atoms with van der Waals surface area (Å²) in [7, 11) is 0. The van der Waals surface area contributed by atoms with Gasteiger partial charge in [0.2, 0.25) is 0 Å². The lowest BCUT2D eigenvalue weighted by molar-refractivity contribution is -0.181. The predicted molar refractivity (Wildman–Crippen MR) is 161 cm³/mol. The topological polar surface area (TPSA) is 18.5 Å². The quantitative estimate of drug-likeness (QED) is 0.135. The summed E-state index contributed by atoms with van der Waals surface area (Å²) in [6.07, 6.45) is -1.19. The van der Waals surface area contributed by atoms with Gasteiger partial charge in [-0.1, -0.05) is 75.2 Å². The van der Waals surface area contributed by atoms with E-state index >= 15 is 0 Å². The minimum atomic E-state index is -4.47. The number of alkyl halides is 3. The second-order valence-electron chi connectivity index (χ2n) is 10.7. The average molecular weight is 597 g/mol. The van der Waals surface area contributed by atoms with Crippen LogP contribution in [0.4, 0.5) is 22.0 Å². The highest BCUT2D eigenvalue weighted by Gasteiger charge is 2.39. The predicted octanol–water partition coefficient (Wildman–Crippen LogP) is 10.6. The molecule has 0 aliphatic carbocycles. The molecule has 0 saturated heterocycles. The third kappa shape index (κ3) is 9.06. The first-order chi connectivity index (χ1) is 20.7. The van der Waals surface area contributed by atoms with Crippen LogP contribution in [0, 0.1) is 17.6 Å². The van der Waals surface area contributed by atoms with Crippen molar-refractivity contribution in [2.45, 2.75) is 58.5 Å². The molecule has 0 atom stereocenters. The van der Waals surface area contributed by atoms with Gasteiger partial charge >= 0.3 is 6.18 Å². The van der Waals surface area contributed by atoms with E-state index in [0.29, 0.717) is 11.1 Å². The number of rotatable bonds is 14. The van der Waals surface area contributed by atoms with Gasteiger partial charge in [0, 0.05) is 23.3 Å². The van der Waals surface area contributed by atoms with Gasteiger partial charge < -0.3 is 9.47 Å². The highest BCUT2D eigenvalue weighted by atomic mass is 19.4. The molecular formula is C36H37F5O2. The summed E-state index contributed by atoms with van der Waals surface area (Å²) in [5.74, 6) is -2.38. The van der Waals surface area contributed by atoms with Gasteiger partial charge in [-0.05, 0) is 72.2 Å². The molecule has 0 unspecified atom stereocenters. The molecule has 0 aromatic heterocycles. The molecule has 0 aliphatic rings. The Balaban J connectivity index is 1.29. The summed E-state index contributed by atoms with van der Waals surface area (Å²) < 4.78 is 81.6. The molecule has 0 amide bonds. The highest BCUT2D eigenvalue weighted by molar-refractivity contribution is 5.66. The second-order valence-corrected chi connectivity index (χ2v) is 10.7. The standard InChI is InChI=1S/C36H37F5O2/c1-3-5-25-7-11-27(12-8-25)32-17-15-30(23-34(32)37)42-21-19-29(36(39,40)41)20-22-43-31-16-18-33(35(38)24-31)28-13-9-26(6-4-2)10-14-28/h7-18,23-24,29H,3-6,19-22H2,1-2H3. The van der Waals surface area contributed by atoms with Crippen LogP contribution in [0.25, 0.3) is 22.3 Å². The highest BCUT2D eigenvalue weighted by Crippen LogP contribution is 2.33. The Morgan fingerprint density at radius 2 is 0.977 bits per heavy atom. The van der Waals surface area contributed by atoms with Crippen LogP contribution in [0.2, 0.25) is 0 Å². The Labute approximate surface area is 250 Å². The van der Waals surface area contributed by atoms with Crippen LogP contribution in [0.5, 0.6) is 11.5 Å². The van der Waals surface area contributed by atoms with Crippen LogP contribution < -0.4 is 9.47 Å². The summed E-state index contributed by atoms with van der Waals surface area (Å²) in [6.45, 7) is 3.70. The first-order valence-corrected chi connectivity index (χ1v) is 14.8. The van der Waals surface area contributed by atoms with E-state index < -0.39 is 23.7 Å². The summed E-state index contributed by atoms with van der Waals surface area (Å²) in [6, 6.07) is 23.9. The normalized spacial score (nSPS) is 11.6. The first kappa shape index (κ1) is 32.1. The number of halogens is 5. The Bertz CT molecular complexity index is 1340. The van der Waals surface area contributed by atoms with E-state index in [-0.39, 0.29) is 37.6 Å². The molecule has 4 rings (SSSR count). The Morgan fingerprint density at radius 1 is 0.581 bits per heavy atom. The maximum atomic E-state index is 14.8. The van der Waals surface area contributed by atoms with Crippen LogP contribution in [0.1, 0.15) is 50.7 Å². The minimum Gasteiger partial charge on any atom is -0.493 e. The SMILES string of the molecule is CCCc1ccc(-c2ccc(OCCC(CCOc3ccc(-c4ccc(CCC)cc4)c(F)c3)C(F)(F)F)cc2F)cc1. The number of ether oxygens (including phenoxy) is 2. The van der Waals surface area contributed by atoms with Gasteiger partial charge in [0.25, 0.3) is 0 Å². The van der Waals surface area contributed by atoms with E-state index in [2.05, 4.69) is 13.8 Å². The Kier molecular flexibility index (Phi) is 11.2. The summed E-state index contributed by atoms with van der Waals surface area (Å²) >= 11 is 0. The number of aryl methyl sites for hydroxylation is 2. The zero-order valence-electron chi connectivity index (χ0n) is 24.5. The third-order valence-corrected chi connectivity index (χ3v) is 7.42. The molecule has 0 aliphatic heterocycles. The van der Waals surface area contributed by atoms with Crippen molar-refractivity contribution in [2.75, 3.05) is 13.2 Å². The Morgan fingerprint density at radius 3 is 1.30 bits per heavy atom. The molecule has 2 nitrogen and oxygen atoms in total. The van der Waals surface area contributed by atoms with Crippen molar-refractivity contribution in [3.63, 3.8) is 0 Å². The van der Waals surface area contributed by atoms with Crippen molar-refractivity contribution in [1.82, 2.24) is 0 Å². The van der Waals surface area contributed by atoms with Crippen molar-refractivity contribution < 1.29 is 31.4 Å². The molecule has 0 heterocycles. The maximum Gasteiger partial charge on any atom is 0.392 e. The number of hydrogen-bond donors (Lipinski definition) is 0. The van der Waals surface area contributed by atoms with Crippen LogP contribution in [0.15, 0.2) is 84.9 Å². The van der Waals surface area contributed by atoms with E-state index in [1.54, 1.807) is 24.3 Å². The van der Waals surface area contributed by atoms with Crippen molar-refractivity contribution in [3.05, 3.63) is 108 Å². The van der Waals surface area contributed by atoms with Crippen molar-refractivity contribution in [1.29, 1.82) is 0 Å². The number of benzene rings is 4. The van der Waals surface area contributed by atoms with Gasteiger partial charge in [-0.2, -0.15) is 13.2 Å². The molecule has 0 bridgehead atoms. The van der Waals surface area contributed by atoms with Gasteiger partial charge in [-0.3, -0.25) is 0 Å². The lowest BCUT2D eigenvalue weighted by Gasteiger charge is -2.21. The summed E-state index contributed by atoms with van der Waals surface area (Å²) in [5.41, 5.74) is 4.58. The minimum absolute atomic E-state index is 0.164. The van der Waals surface area contributed by atoms with Crippen LogP contribution in [0.3, 0.4) is 0 Å². The second kappa shape index (κ2) is 15.0. The van der Waals surface area contributed by atoms with E-state index in [9.17, 15) is 22.0 Å². The van der Waals surface area contributed by atoms with E-state index in [1.807, 2.05) is 48.5 Å². The van der Waals surface area contributed by atoms with Crippen molar-refractivity contribution >= 4 is 0 Å². The van der Waals surface area contributed by atoms with Gasteiger partial charge in [0.05, 0.1) is 19.1 Å². The van der Waals surface area contributed by atoms with Gasteiger partial charge in [-0.25, -0.2) is 8.78 Å². The molecule has 0 fully saturated rings. The summed E-state index contributed by atoms with van der Waals surface area (Å²) in [5, 5.41) is 0. The van der Waals surface area contributed by atoms with E-state index in [0.717, 1.165) is 36.8 Å². The molecule has 0 saturated carbocycles. The monoisotopic (exact) mass is 596 g/mol. The average Bonchev–Trinajstić information content (AvgIpc) is 2.97. The largest absolute Gasteiger partial charge is 0.493 e. The molecule has 228 valence electrons. The van der Waals surface area contributed by atoms with Crippen LogP contribution in [-0.4, -0.2) is 19.4 Å². The van der Waals surface area contributed by atoms with E-state index in [1.165, 1.54) is 23.3 Å². The molecule has 0 N–H and O–H groups in total. The molecule has 0 radical (unpaired) electrons. The first-order valence-electron chi connectivity index (χ1n) is 14.8. The molecule has 43 heavy (non-hydrogen) atoms. The van der Waals surface area contributed by atoms with Gasteiger partial charge in [-0.15, -0.1) is 0 Å². The number of hydrogen-bond acceptors (Lipinski definition) is 2. The third-order valence-electron chi connectivity index (χ3n) is 7.42. The van der Waals surface area contributed by atoms with Crippen molar-refractivity contribution in [3.8, 4) is 33.8 Å². The van der Waals surface area contributed by atoms with Crippen LogP contribution in [-0.2, 0) is 12.8 Å². The lowest BCUT2D eigenvalue weighted by Crippen LogP contribution is -2.26. The summed E-state index contributed by atoms with van der Waals surface area (Å²) in [4.78, 5) is 0. The molecule has 4 aromatic carbocycles. The zero-order chi connectivity index (χ0) is 30.8. The zero-order valence-corrected chi connectivity index (χ0v) is 24.5. The van der Waals surface area contributed by atoms with Crippen molar-refractivity contribution in [2.24, 2.45) is 5.92 Å².